The van der Waals surface area contributed by atoms with Crippen LogP contribution in [0, 0.1) is 0 Å². The molecule has 0 saturated carbocycles. The zero-order chi connectivity index (χ0) is 12.0. The molecule has 1 heterocycles. The Hall–Kier alpha value is -0.540. The number of pyridine rings is 1. The van der Waals surface area contributed by atoms with Gasteiger partial charge in [-0.05, 0) is 19.2 Å². The van der Waals surface area contributed by atoms with Crippen LogP contribution in [0.25, 0.3) is 0 Å². The Bertz CT molecular complexity index is 293. The molecule has 1 rings (SSSR count). The van der Waals surface area contributed by atoms with E-state index in [9.17, 15) is 0 Å². The maximum absolute atomic E-state index is 4.36. The van der Waals surface area contributed by atoms with Gasteiger partial charge >= 0.3 is 0 Å². The van der Waals surface area contributed by atoms with Gasteiger partial charge < -0.3 is 5.32 Å². The van der Waals surface area contributed by atoms with E-state index in [4.69, 9.17) is 0 Å². The summed E-state index contributed by atoms with van der Waals surface area (Å²) >= 11 is 2.00. The molecule has 2 nitrogen and oxygen atoms in total. The van der Waals surface area contributed by atoms with Gasteiger partial charge in [0, 0.05) is 34.9 Å². The largest absolute Gasteiger partial charge is 0.316 e. The average molecular weight is 238 g/mol. The molecule has 1 aromatic heterocycles. The number of rotatable bonds is 5. The van der Waals surface area contributed by atoms with Crippen LogP contribution >= 0.6 is 11.8 Å². The predicted octanol–water partition coefficient (Wildman–Crippen LogP) is 2.74. The number of likely N-dealkylation sites (N-methyl/N-ethyl adjacent to an activating group) is 1. The molecule has 0 amide bonds. The first-order valence-corrected chi connectivity index (χ1v) is 6.71. The maximum atomic E-state index is 4.36. The lowest BCUT2D eigenvalue weighted by Crippen LogP contribution is -2.32. The van der Waals surface area contributed by atoms with E-state index in [0.717, 1.165) is 17.9 Å². The summed E-state index contributed by atoms with van der Waals surface area (Å²) in [4.78, 5) is 4.36. The first-order chi connectivity index (χ1) is 7.51. The highest BCUT2D eigenvalue weighted by molar-refractivity contribution is 8.00. The third-order valence-electron chi connectivity index (χ3n) is 2.31. The summed E-state index contributed by atoms with van der Waals surface area (Å²) in [5.41, 5.74) is 1.16. The van der Waals surface area contributed by atoms with E-state index in [1.807, 2.05) is 37.1 Å². The highest BCUT2D eigenvalue weighted by Gasteiger charge is 2.15. The molecule has 90 valence electrons. The van der Waals surface area contributed by atoms with Crippen LogP contribution in [0.2, 0.25) is 0 Å². The van der Waals surface area contributed by atoms with E-state index < -0.39 is 0 Å². The van der Waals surface area contributed by atoms with Crippen molar-refractivity contribution in [3.8, 4) is 0 Å². The Labute approximate surface area is 103 Å². The third-order valence-corrected chi connectivity index (χ3v) is 3.74. The van der Waals surface area contributed by atoms with Crippen molar-refractivity contribution in [1.29, 1.82) is 0 Å². The van der Waals surface area contributed by atoms with Crippen molar-refractivity contribution in [3.63, 3.8) is 0 Å². The minimum atomic E-state index is 0.333. The molecule has 0 saturated heterocycles. The summed E-state index contributed by atoms with van der Waals surface area (Å²) < 4.78 is 0.333. The van der Waals surface area contributed by atoms with E-state index in [1.54, 1.807) is 0 Å². The second-order valence-electron chi connectivity index (χ2n) is 4.93. The second-order valence-corrected chi connectivity index (χ2v) is 6.78. The van der Waals surface area contributed by atoms with Crippen LogP contribution in [-0.4, -0.2) is 28.6 Å². The topological polar surface area (TPSA) is 24.9 Å². The van der Waals surface area contributed by atoms with Crippen molar-refractivity contribution in [2.75, 3.05) is 12.8 Å². The Balaban J connectivity index is 2.44. The minimum Gasteiger partial charge on any atom is -0.316 e. The van der Waals surface area contributed by atoms with E-state index in [-0.39, 0.29) is 0 Å². The molecule has 0 aliphatic heterocycles. The summed E-state index contributed by atoms with van der Waals surface area (Å²) in [6, 6.07) is 6.60. The van der Waals surface area contributed by atoms with Crippen LogP contribution in [0.4, 0.5) is 0 Å². The molecular weight excluding hydrogens is 216 g/mol. The summed E-state index contributed by atoms with van der Waals surface area (Å²) in [5.74, 6) is 1.12. The molecule has 0 bridgehead atoms. The molecule has 0 fully saturated rings. The normalized spacial score (nSPS) is 13.8. The van der Waals surface area contributed by atoms with Gasteiger partial charge in [-0.3, -0.25) is 4.98 Å². The Kier molecular flexibility index (Phi) is 5.29. The van der Waals surface area contributed by atoms with E-state index >= 15 is 0 Å². The van der Waals surface area contributed by atoms with E-state index in [0.29, 0.717) is 10.8 Å². The highest BCUT2D eigenvalue weighted by atomic mass is 32.2. The quantitative estimate of drug-likeness (QED) is 0.854. The molecule has 1 unspecified atom stereocenters. The summed E-state index contributed by atoms with van der Waals surface area (Å²) in [6.45, 7) is 6.77. The van der Waals surface area contributed by atoms with Crippen molar-refractivity contribution in [3.05, 3.63) is 30.1 Å². The van der Waals surface area contributed by atoms with Gasteiger partial charge in [0.2, 0.25) is 0 Å². The molecule has 1 aromatic rings. The Morgan fingerprint density at radius 1 is 1.38 bits per heavy atom. The summed E-state index contributed by atoms with van der Waals surface area (Å²) in [7, 11) is 2.02. The standard InChI is InChI=1S/C13H22N2S/c1-13(2,3)16-10-12(14-4)9-11-7-5-6-8-15-11/h5-8,12,14H,9-10H2,1-4H3. The van der Waals surface area contributed by atoms with Crippen LogP contribution in [0.15, 0.2) is 24.4 Å². The van der Waals surface area contributed by atoms with Gasteiger partial charge in [0.25, 0.3) is 0 Å². The zero-order valence-corrected chi connectivity index (χ0v) is 11.5. The van der Waals surface area contributed by atoms with Crippen LogP contribution < -0.4 is 5.32 Å². The van der Waals surface area contributed by atoms with Gasteiger partial charge in [-0.25, -0.2) is 0 Å². The van der Waals surface area contributed by atoms with Gasteiger partial charge in [0.15, 0.2) is 0 Å². The first kappa shape index (κ1) is 13.5. The molecule has 1 atom stereocenters. The van der Waals surface area contributed by atoms with Crippen LogP contribution in [0.3, 0.4) is 0 Å². The SMILES string of the molecule is CNC(CSC(C)(C)C)Cc1ccccn1. The number of hydrogen-bond acceptors (Lipinski definition) is 3. The third kappa shape index (κ3) is 5.52. The number of nitrogens with zero attached hydrogens (tertiary/aromatic N) is 1. The lowest BCUT2D eigenvalue weighted by molar-refractivity contribution is 0.606. The van der Waals surface area contributed by atoms with Crippen molar-refractivity contribution >= 4 is 11.8 Å². The Morgan fingerprint density at radius 3 is 2.62 bits per heavy atom. The second kappa shape index (κ2) is 6.26. The van der Waals surface area contributed by atoms with E-state index in [2.05, 4.69) is 37.1 Å². The minimum absolute atomic E-state index is 0.333. The zero-order valence-electron chi connectivity index (χ0n) is 10.7. The monoisotopic (exact) mass is 238 g/mol. The first-order valence-electron chi connectivity index (χ1n) is 5.72. The van der Waals surface area contributed by atoms with Gasteiger partial charge in [-0.2, -0.15) is 11.8 Å². The predicted molar refractivity (Wildman–Crippen MR) is 73.0 cm³/mol. The fourth-order valence-corrected chi connectivity index (χ4v) is 2.35. The summed E-state index contributed by atoms with van der Waals surface area (Å²) in [5, 5.41) is 3.36. The average Bonchev–Trinajstić information content (AvgIpc) is 2.24. The molecule has 0 aliphatic rings. The number of thioether (sulfide) groups is 1. The molecule has 16 heavy (non-hydrogen) atoms. The fourth-order valence-electron chi connectivity index (χ4n) is 1.37. The van der Waals surface area contributed by atoms with Crippen molar-refractivity contribution in [2.24, 2.45) is 0 Å². The summed E-state index contributed by atoms with van der Waals surface area (Å²) in [6.07, 6.45) is 2.86. The van der Waals surface area contributed by atoms with Crippen LogP contribution in [0.1, 0.15) is 26.5 Å². The van der Waals surface area contributed by atoms with Crippen molar-refractivity contribution < 1.29 is 0 Å². The lowest BCUT2D eigenvalue weighted by Gasteiger charge is -2.22. The molecular formula is C13H22N2S. The molecule has 0 radical (unpaired) electrons. The van der Waals surface area contributed by atoms with Gasteiger partial charge in [-0.15, -0.1) is 0 Å². The van der Waals surface area contributed by atoms with Crippen LogP contribution in [-0.2, 0) is 6.42 Å². The smallest absolute Gasteiger partial charge is 0.0419 e. The van der Waals surface area contributed by atoms with Gasteiger partial charge in [0.1, 0.15) is 0 Å². The Morgan fingerprint density at radius 2 is 2.12 bits per heavy atom. The number of nitrogens with one attached hydrogen (secondary N) is 1. The molecule has 0 aliphatic carbocycles. The maximum Gasteiger partial charge on any atom is 0.0419 e. The molecule has 1 N–H and O–H groups in total. The van der Waals surface area contributed by atoms with Crippen molar-refractivity contribution in [1.82, 2.24) is 10.3 Å². The van der Waals surface area contributed by atoms with Crippen molar-refractivity contribution in [2.45, 2.75) is 38.0 Å². The van der Waals surface area contributed by atoms with Gasteiger partial charge in [0.05, 0.1) is 0 Å². The molecule has 3 heteroatoms. The van der Waals surface area contributed by atoms with Gasteiger partial charge in [-0.1, -0.05) is 26.8 Å². The lowest BCUT2D eigenvalue weighted by atomic mass is 10.2. The van der Waals surface area contributed by atoms with E-state index in [1.165, 1.54) is 0 Å². The highest BCUT2D eigenvalue weighted by Crippen LogP contribution is 2.24. The fraction of sp³-hybridized carbons (Fsp3) is 0.615. The number of hydrogen-bond donors (Lipinski definition) is 1. The molecule has 0 spiro atoms. The number of aromatic nitrogens is 1. The van der Waals surface area contributed by atoms with Crippen LogP contribution in [0.5, 0.6) is 0 Å². The molecule has 0 aromatic carbocycles.